The van der Waals surface area contributed by atoms with Crippen molar-refractivity contribution < 1.29 is 4.79 Å². The Balaban J connectivity index is 0.000001000. The third kappa shape index (κ3) is 2.80. The summed E-state index contributed by atoms with van der Waals surface area (Å²) >= 11 is 0. The van der Waals surface area contributed by atoms with Crippen molar-refractivity contribution >= 4 is 18.2 Å². The van der Waals surface area contributed by atoms with Crippen molar-refractivity contribution in [3.63, 3.8) is 0 Å². The minimum absolute atomic E-state index is 0. The van der Waals surface area contributed by atoms with Crippen LogP contribution >= 0.6 is 12.4 Å². The molecule has 0 unspecified atom stereocenters. The van der Waals surface area contributed by atoms with E-state index in [0.29, 0.717) is 5.41 Å². The quantitative estimate of drug-likeness (QED) is 0.656. The standard InChI is InChI=1S/C8H15NO.ClH/c1-6(10)7-4-8(2,3)5-9-7;/h7,9H,4-5H2,1-3H3;1H/t7-;/m0./s1. The Morgan fingerprint density at radius 1 is 1.55 bits per heavy atom. The van der Waals surface area contributed by atoms with Gasteiger partial charge in [-0.25, -0.2) is 0 Å². The lowest BCUT2D eigenvalue weighted by Gasteiger charge is -2.13. The van der Waals surface area contributed by atoms with E-state index in [-0.39, 0.29) is 24.2 Å². The molecule has 0 aromatic carbocycles. The van der Waals surface area contributed by atoms with Crippen LogP contribution in [-0.4, -0.2) is 18.4 Å². The lowest BCUT2D eigenvalue weighted by Crippen LogP contribution is -2.28. The third-order valence-electron chi connectivity index (χ3n) is 2.07. The molecule has 0 saturated carbocycles. The minimum Gasteiger partial charge on any atom is -0.307 e. The average molecular weight is 178 g/mol. The highest BCUT2D eigenvalue weighted by Gasteiger charge is 2.32. The topological polar surface area (TPSA) is 29.1 Å². The summed E-state index contributed by atoms with van der Waals surface area (Å²) in [4.78, 5) is 10.9. The molecule has 1 aliphatic heterocycles. The van der Waals surface area contributed by atoms with Crippen molar-refractivity contribution in [2.24, 2.45) is 5.41 Å². The predicted octanol–water partition coefficient (Wildman–Crippen LogP) is 1.39. The van der Waals surface area contributed by atoms with Gasteiger partial charge in [0.1, 0.15) is 5.78 Å². The van der Waals surface area contributed by atoms with Crippen molar-refractivity contribution in [1.29, 1.82) is 0 Å². The highest BCUT2D eigenvalue weighted by molar-refractivity contribution is 5.85. The molecular weight excluding hydrogens is 162 g/mol. The largest absolute Gasteiger partial charge is 0.307 e. The van der Waals surface area contributed by atoms with Gasteiger partial charge in [0.15, 0.2) is 0 Å². The van der Waals surface area contributed by atoms with Crippen LogP contribution in [-0.2, 0) is 4.79 Å². The van der Waals surface area contributed by atoms with Crippen molar-refractivity contribution in [3.8, 4) is 0 Å². The number of hydrogen-bond acceptors (Lipinski definition) is 2. The molecule has 1 N–H and O–H groups in total. The summed E-state index contributed by atoms with van der Waals surface area (Å²) in [5, 5.41) is 3.20. The molecule has 0 amide bonds. The fraction of sp³-hybridized carbons (Fsp3) is 0.875. The summed E-state index contributed by atoms with van der Waals surface area (Å²) in [7, 11) is 0. The third-order valence-corrected chi connectivity index (χ3v) is 2.07. The number of nitrogens with one attached hydrogen (secondary N) is 1. The molecule has 3 heteroatoms. The second-order valence-electron chi connectivity index (χ2n) is 3.91. The molecule has 1 aliphatic rings. The van der Waals surface area contributed by atoms with E-state index in [1.54, 1.807) is 6.92 Å². The Labute approximate surface area is 74.2 Å². The van der Waals surface area contributed by atoms with E-state index in [2.05, 4.69) is 19.2 Å². The lowest BCUT2D eigenvalue weighted by molar-refractivity contribution is -0.118. The highest BCUT2D eigenvalue weighted by Crippen LogP contribution is 2.27. The van der Waals surface area contributed by atoms with Crippen molar-refractivity contribution in [2.45, 2.75) is 33.2 Å². The molecule has 1 fully saturated rings. The molecule has 66 valence electrons. The van der Waals surface area contributed by atoms with Crippen LogP contribution in [0.4, 0.5) is 0 Å². The number of carbonyl (C=O) groups is 1. The summed E-state index contributed by atoms with van der Waals surface area (Å²) in [6, 6.07) is 0.120. The van der Waals surface area contributed by atoms with Gasteiger partial charge in [-0.05, 0) is 18.8 Å². The predicted molar refractivity (Wildman–Crippen MR) is 48.1 cm³/mol. The lowest BCUT2D eigenvalue weighted by atomic mass is 9.90. The molecule has 1 heterocycles. The summed E-state index contributed by atoms with van der Waals surface area (Å²) < 4.78 is 0. The maximum atomic E-state index is 10.9. The molecule has 0 aromatic rings. The van der Waals surface area contributed by atoms with Gasteiger partial charge < -0.3 is 5.32 Å². The molecule has 1 atom stereocenters. The smallest absolute Gasteiger partial charge is 0.146 e. The van der Waals surface area contributed by atoms with E-state index in [1.165, 1.54) is 0 Å². The van der Waals surface area contributed by atoms with Crippen LogP contribution in [0.15, 0.2) is 0 Å². The van der Waals surface area contributed by atoms with Crippen molar-refractivity contribution in [1.82, 2.24) is 5.32 Å². The van der Waals surface area contributed by atoms with E-state index in [4.69, 9.17) is 0 Å². The second-order valence-corrected chi connectivity index (χ2v) is 3.91. The molecule has 0 spiro atoms. The SMILES string of the molecule is CC(=O)[C@@H]1CC(C)(C)CN1.Cl. The van der Waals surface area contributed by atoms with E-state index < -0.39 is 0 Å². The zero-order valence-corrected chi connectivity index (χ0v) is 8.12. The van der Waals surface area contributed by atoms with Gasteiger partial charge in [-0.1, -0.05) is 13.8 Å². The van der Waals surface area contributed by atoms with Crippen LogP contribution in [0.1, 0.15) is 27.2 Å². The summed E-state index contributed by atoms with van der Waals surface area (Å²) in [6.45, 7) is 6.99. The molecule has 1 rings (SSSR count). The monoisotopic (exact) mass is 177 g/mol. The number of carbonyl (C=O) groups excluding carboxylic acids is 1. The Morgan fingerprint density at radius 2 is 2.09 bits per heavy atom. The van der Waals surface area contributed by atoms with Gasteiger partial charge in [-0.15, -0.1) is 12.4 Å². The Hall–Kier alpha value is -0.0800. The number of ketones is 1. The molecule has 0 aliphatic carbocycles. The Bertz CT molecular complexity index is 156. The molecule has 11 heavy (non-hydrogen) atoms. The fourth-order valence-corrected chi connectivity index (χ4v) is 1.38. The van der Waals surface area contributed by atoms with Gasteiger partial charge in [-0.3, -0.25) is 4.79 Å². The first-order valence-electron chi connectivity index (χ1n) is 3.75. The van der Waals surface area contributed by atoms with E-state index in [1.807, 2.05) is 0 Å². The van der Waals surface area contributed by atoms with E-state index in [9.17, 15) is 4.79 Å². The summed E-state index contributed by atoms with van der Waals surface area (Å²) in [6.07, 6.45) is 0.988. The fourth-order valence-electron chi connectivity index (χ4n) is 1.38. The Kier molecular flexibility index (Phi) is 3.52. The summed E-state index contributed by atoms with van der Waals surface area (Å²) in [5.41, 5.74) is 0.316. The molecular formula is C8H16ClNO. The van der Waals surface area contributed by atoms with Crippen LogP contribution in [0.2, 0.25) is 0 Å². The number of halogens is 1. The first kappa shape index (κ1) is 10.9. The molecule has 1 saturated heterocycles. The van der Waals surface area contributed by atoms with Gasteiger partial charge >= 0.3 is 0 Å². The number of Topliss-reactive ketones (excluding diaryl/α,β-unsaturated/α-hetero) is 1. The number of rotatable bonds is 1. The minimum atomic E-state index is 0. The zero-order chi connectivity index (χ0) is 7.78. The van der Waals surface area contributed by atoms with E-state index in [0.717, 1.165) is 13.0 Å². The van der Waals surface area contributed by atoms with E-state index >= 15 is 0 Å². The van der Waals surface area contributed by atoms with Gasteiger partial charge in [0.2, 0.25) is 0 Å². The average Bonchev–Trinajstić information content (AvgIpc) is 2.10. The van der Waals surface area contributed by atoms with Crippen LogP contribution < -0.4 is 5.32 Å². The molecule has 0 radical (unpaired) electrons. The van der Waals surface area contributed by atoms with Gasteiger partial charge in [0, 0.05) is 6.54 Å². The van der Waals surface area contributed by atoms with Crippen molar-refractivity contribution in [2.75, 3.05) is 6.54 Å². The summed E-state index contributed by atoms with van der Waals surface area (Å²) in [5.74, 6) is 0.269. The first-order chi connectivity index (χ1) is 4.51. The van der Waals surface area contributed by atoms with Gasteiger partial charge in [0.25, 0.3) is 0 Å². The zero-order valence-electron chi connectivity index (χ0n) is 7.31. The Morgan fingerprint density at radius 3 is 2.27 bits per heavy atom. The number of hydrogen-bond donors (Lipinski definition) is 1. The van der Waals surface area contributed by atoms with Gasteiger partial charge in [0.05, 0.1) is 6.04 Å². The van der Waals surface area contributed by atoms with Gasteiger partial charge in [-0.2, -0.15) is 0 Å². The molecule has 0 aromatic heterocycles. The maximum absolute atomic E-state index is 10.9. The van der Waals surface area contributed by atoms with Crippen LogP contribution in [0.3, 0.4) is 0 Å². The van der Waals surface area contributed by atoms with Crippen LogP contribution in [0.5, 0.6) is 0 Å². The van der Waals surface area contributed by atoms with Crippen LogP contribution in [0, 0.1) is 5.41 Å². The van der Waals surface area contributed by atoms with Crippen molar-refractivity contribution in [3.05, 3.63) is 0 Å². The first-order valence-corrected chi connectivity index (χ1v) is 3.75. The highest BCUT2D eigenvalue weighted by atomic mass is 35.5. The maximum Gasteiger partial charge on any atom is 0.146 e. The van der Waals surface area contributed by atoms with Crippen LogP contribution in [0.25, 0.3) is 0 Å². The second kappa shape index (κ2) is 3.55. The normalized spacial score (nSPS) is 27.7. The molecule has 0 bridgehead atoms. The molecule has 2 nitrogen and oxygen atoms in total.